The van der Waals surface area contributed by atoms with Gasteiger partial charge >= 0.3 is 0 Å². The van der Waals surface area contributed by atoms with Crippen LogP contribution in [-0.4, -0.2) is 90.9 Å². The van der Waals surface area contributed by atoms with Crippen LogP contribution in [0.2, 0.25) is 0 Å². The van der Waals surface area contributed by atoms with E-state index in [9.17, 15) is 9.83 Å². The Labute approximate surface area is 208 Å². The van der Waals surface area contributed by atoms with Crippen molar-refractivity contribution in [3.63, 3.8) is 0 Å². The Morgan fingerprint density at radius 3 is 2.61 bits per heavy atom. The van der Waals surface area contributed by atoms with E-state index in [-0.39, 0.29) is 6.04 Å². The van der Waals surface area contributed by atoms with Crippen molar-refractivity contribution >= 4 is 40.9 Å². The second-order valence-corrected chi connectivity index (χ2v) is 12.6. The van der Waals surface area contributed by atoms with E-state index in [0.29, 0.717) is 71.4 Å². The quantitative estimate of drug-likeness (QED) is 0.406. The molecule has 0 atom stereocenters. The largest absolute Gasteiger partial charge is 0.495 e. The van der Waals surface area contributed by atoms with E-state index in [4.69, 9.17) is 14.2 Å². The topological polar surface area (TPSA) is 137 Å². The van der Waals surface area contributed by atoms with Gasteiger partial charge in [-0.05, 0) is 18.2 Å². The van der Waals surface area contributed by atoms with Crippen molar-refractivity contribution in [3.05, 3.63) is 30.0 Å². The summed E-state index contributed by atoms with van der Waals surface area (Å²) in [6.45, 7) is 4.37. The third-order valence-electron chi connectivity index (χ3n) is 7.17. The monoisotopic (exact) mass is 509 g/mol. The second-order valence-electron chi connectivity index (χ2n) is 9.39. The van der Waals surface area contributed by atoms with Crippen LogP contribution < -0.4 is 20.7 Å². The number of aromatic amines is 1. The lowest BCUT2D eigenvalue weighted by Gasteiger charge is -2.41. The van der Waals surface area contributed by atoms with Gasteiger partial charge < -0.3 is 34.4 Å². The molecule has 0 aliphatic carbocycles. The first-order chi connectivity index (χ1) is 17.6. The molecule has 3 aliphatic rings. The van der Waals surface area contributed by atoms with Crippen molar-refractivity contribution in [1.29, 1.82) is 5.26 Å². The molecule has 5 heterocycles. The standard InChI is InChI=1S/C24H28N7O4P/c1-33-20-8-18(36(32)6-4-31(5-7-36)17-13-35-14-17)2-3-19(20)28-24-29-22-21(15(9-25)10-26-22)23(30-24)27-16-11-34-12-16/h2-3,8,10,16-17H,4-7,11-14H2,1H3,(H3,26,27,28,29,30). The number of hydrogen-bond donors (Lipinski definition) is 3. The first-order valence-corrected chi connectivity index (χ1v) is 14.1. The third-order valence-corrected chi connectivity index (χ3v) is 10.2. The van der Waals surface area contributed by atoms with Gasteiger partial charge in [0.05, 0.1) is 62.3 Å². The fourth-order valence-electron chi connectivity index (χ4n) is 4.81. The number of nitrogens with zero attached hydrogens (tertiary/aromatic N) is 4. The van der Waals surface area contributed by atoms with Crippen molar-refractivity contribution in [1.82, 2.24) is 19.9 Å². The molecule has 0 amide bonds. The van der Waals surface area contributed by atoms with Crippen molar-refractivity contribution in [3.8, 4) is 11.8 Å². The molecule has 3 aromatic rings. The molecule has 11 nitrogen and oxygen atoms in total. The Kier molecular flexibility index (Phi) is 6.05. The molecule has 3 aliphatic heterocycles. The van der Waals surface area contributed by atoms with E-state index in [0.717, 1.165) is 31.6 Å². The normalized spacial score (nSPS) is 20.3. The van der Waals surface area contributed by atoms with Crippen LogP contribution in [0.4, 0.5) is 17.5 Å². The predicted molar refractivity (Wildman–Crippen MR) is 136 cm³/mol. The van der Waals surface area contributed by atoms with Crippen LogP contribution in [0.25, 0.3) is 11.0 Å². The highest BCUT2D eigenvalue weighted by atomic mass is 31.2. The van der Waals surface area contributed by atoms with Gasteiger partial charge in [-0.25, -0.2) is 0 Å². The average molecular weight is 510 g/mol. The molecule has 3 saturated heterocycles. The molecule has 2 aromatic heterocycles. The van der Waals surface area contributed by atoms with Gasteiger partial charge in [0.2, 0.25) is 5.95 Å². The Balaban J connectivity index is 1.25. The zero-order chi connectivity index (χ0) is 24.7. The van der Waals surface area contributed by atoms with E-state index >= 15 is 0 Å². The zero-order valence-corrected chi connectivity index (χ0v) is 20.9. The smallest absolute Gasteiger partial charge is 0.231 e. The molecule has 0 bridgehead atoms. The van der Waals surface area contributed by atoms with Crippen LogP contribution in [0, 0.1) is 11.3 Å². The summed E-state index contributed by atoms with van der Waals surface area (Å²) < 4.78 is 30.0. The number of ether oxygens (including phenoxy) is 3. The first-order valence-electron chi connectivity index (χ1n) is 12.1. The number of anilines is 3. The zero-order valence-electron chi connectivity index (χ0n) is 20.0. The summed E-state index contributed by atoms with van der Waals surface area (Å²) in [5, 5.41) is 17.6. The molecular weight excluding hydrogens is 481 g/mol. The number of nitriles is 1. The molecule has 0 unspecified atom stereocenters. The SMILES string of the molecule is COc1cc(P2(=O)CCN(C3COC3)CC2)ccc1Nc1nc(NC2COC2)c2c(C#N)c[nH]c2n1. The maximum Gasteiger partial charge on any atom is 0.231 e. The molecule has 1 aromatic carbocycles. The minimum atomic E-state index is -2.50. The van der Waals surface area contributed by atoms with Crippen LogP contribution in [0.5, 0.6) is 5.75 Å². The fourth-order valence-corrected chi connectivity index (χ4v) is 7.41. The van der Waals surface area contributed by atoms with E-state index in [1.807, 2.05) is 18.2 Å². The van der Waals surface area contributed by atoms with Gasteiger partial charge in [0, 0.05) is 36.9 Å². The summed E-state index contributed by atoms with van der Waals surface area (Å²) in [5.74, 6) is 1.50. The van der Waals surface area contributed by atoms with Gasteiger partial charge in [0.15, 0.2) is 0 Å². The third kappa shape index (κ3) is 4.20. The van der Waals surface area contributed by atoms with E-state index in [2.05, 4.69) is 36.6 Å². The fraction of sp³-hybridized carbons (Fsp3) is 0.458. The minimum absolute atomic E-state index is 0.131. The van der Waals surface area contributed by atoms with Crippen molar-refractivity contribution < 1.29 is 18.8 Å². The molecule has 36 heavy (non-hydrogen) atoms. The van der Waals surface area contributed by atoms with Gasteiger partial charge in [0.1, 0.15) is 30.4 Å². The highest BCUT2D eigenvalue weighted by Gasteiger charge is 2.35. The number of hydrogen-bond acceptors (Lipinski definition) is 10. The molecular formula is C24H28N7O4P. The van der Waals surface area contributed by atoms with Crippen LogP contribution >= 0.6 is 7.14 Å². The van der Waals surface area contributed by atoms with Crippen LogP contribution in [0.15, 0.2) is 24.4 Å². The number of nitrogens with one attached hydrogen (secondary N) is 3. The van der Waals surface area contributed by atoms with E-state index in [1.165, 1.54) is 0 Å². The van der Waals surface area contributed by atoms with Crippen LogP contribution in [0.1, 0.15) is 5.56 Å². The number of H-pyrrole nitrogens is 1. The molecule has 3 fully saturated rings. The summed E-state index contributed by atoms with van der Waals surface area (Å²) in [4.78, 5) is 14.7. The maximum atomic E-state index is 13.8. The van der Waals surface area contributed by atoms with E-state index in [1.54, 1.807) is 13.3 Å². The first kappa shape index (κ1) is 23.3. The summed E-state index contributed by atoms with van der Waals surface area (Å²) in [6.07, 6.45) is 2.95. The van der Waals surface area contributed by atoms with E-state index < -0.39 is 7.14 Å². The summed E-state index contributed by atoms with van der Waals surface area (Å²) in [7, 11) is -0.910. The van der Waals surface area contributed by atoms with Crippen molar-refractivity contribution in [2.24, 2.45) is 0 Å². The lowest BCUT2D eigenvalue weighted by molar-refractivity contribution is -0.0620. The Morgan fingerprint density at radius 2 is 1.97 bits per heavy atom. The van der Waals surface area contributed by atoms with Gasteiger partial charge in [-0.3, -0.25) is 4.90 Å². The number of rotatable bonds is 7. The molecule has 6 rings (SSSR count). The maximum absolute atomic E-state index is 13.8. The highest BCUT2D eigenvalue weighted by molar-refractivity contribution is 7.71. The number of fused-ring (bicyclic) bond motifs is 1. The van der Waals surface area contributed by atoms with Gasteiger partial charge in [-0.1, -0.05) is 0 Å². The summed E-state index contributed by atoms with van der Waals surface area (Å²) in [5.41, 5.74) is 1.69. The minimum Gasteiger partial charge on any atom is -0.495 e. The summed E-state index contributed by atoms with van der Waals surface area (Å²) >= 11 is 0. The predicted octanol–water partition coefficient (Wildman–Crippen LogP) is 2.10. The number of methoxy groups -OCH3 is 1. The van der Waals surface area contributed by atoms with Gasteiger partial charge in [-0.2, -0.15) is 15.2 Å². The Hall–Kier alpha value is -3.16. The lowest BCUT2D eigenvalue weighted by atomic mass is 10.2. The van der Waals surface area contributed by atoms with Crippen molar-refractivity contribution in [2.75, 3.05) is 69.6 Å². The van der Waals surface area contributed by atoms with Gasteiger partial charge in [0.25, 0.3) is 0 Å². The Morgan fingerprint density at radius 1 is 1.19 bits per heavy atom. The molecule has 12 heteroatoms. The highest BCUT2D eigenvalue weighted by Crippen LogP contribution is 2.48. The lowest BCUT2D eigenvalue weighted by Crippen LogP contribution is -2.52. The van der Waals surface area contributed by atoms with Gasteiger partial charge in [-0.15, -0.1) is 0 Å². The number of benzene rings is 1. The molecule has 0 radical (unpaired) electrons. The second kappa shape index (κ2) is 9.37. The molecule has 188 valence electrons. The Bertz CT molecular complexity index is 1370. The number of aromatic nitrogens is 3. The van der Waals surface area contributed by atoms with Crippen molar-refractivity contribution in [2.45, 2.75) is 12.1 Å². The molecule has 3 N–H and O–H groups in total. The molecule has 0 spiro atoms. The molecule has 0 saturated carbocycles. The summed E-state index contributed by atoms with van der Waals surface area (Å²) in [6, 6.07) is 8.44. The average Bonchev–Trinajstić information content (AvgIpc) is 3.25. The van der Waals surface area contributed by atoms with Crippen LogP contribution in [-0.2, 0) is 14.0 Å². The van der Waals surface area contributed by atoms with Crippen LogP contribution in [0.3, 0.4) is 0 Å².